The maximum atomic E-state index is 12.7. The molecule has 6 heteroatoms. The second-order valence-corrected chi connectivity index (χ2v) is 5.92. The Kier molecular flexibility index (Phi) is 4.67. The number of methoxy groups -OCH3 is 2. The average Bonchev–Trinajstić information content (AvgIpc) is 2.66. The summed E-state index contributed by atoms with van der Waals surface area (Å²) in [7, 11) is 3.09. The van der Waals surface area contributed by atoms with Gasteiger partial charge < -0.3 is 19.6 Å². The van der Waals surface area contributed by atoms with Crippen molar-refractivity contribution in [3.05, 3.63) is 69.5 Å². The van der Waals surface area contributed by atoms with Crippen LogP contribution >= 0.6 is 0 Å². The third-order valence-electron chi connectivity index (χ3n) is 4.49. The Hall–Kier alpha value is -3.28. The lowest BCUT2D eigenvalue weighted by molar-refractivity contribution is 0.0693. The van der Waals surface area contributed by atoms with Gasteiger partial charge in [-0.2, -0.15) is 0 Å². The summed E-state index contributed by atoms with van der Waals surface area (Å²) >= 11 is 0. The number of benzene rings is 2. The molecule has 0 fully saturated rings. The van der Waals surface area contributed by atoms with Gasteiger partial charge in [0.1, 0.15) is 17.1 Å². The Morgan fingerprint density at radius 2 is 1.85 bits per heavy atom. The van der Waals surface area contributed by atoms with Crippen LogP contribution in [0.15, 0.2) is 47.3 Å². The van der Waals surface area contributed by atoms with Gasteiger partial charge in [-0.05, 0) is 30.3 Å². The average molecular weight is 353 g/mol. The van der Waals surface area contributed by atoms with Crippen LogP contribution in [-0.4, -0.2) is 30.3 Å². The Balaban J connectivity index is 2.29. The molecule has 1 heterocycles. The fourth-order valence-electron chi connectivity index (χ4n) is 3.13. The molecule has 0 saturated carbocycles. The van der Waals surface area contributed by atoms with Crippen LogP contribution in [0.25, 0.3) is 10.9 Å². The van der Waals surface area contributed by atoms with E-state index in [0.29, 0.717) is 28.1 Å². The van der Waals surface area contributed by atoms with Gasteiger partial charge in [-0.3, -0.25) is 4.79 Å². The Labute approximate surface area is 150 Å². The fraction of sp³-hybridized carbons (Fsp3) is 0.200. The van der Waals surface area contributed by atoms with Crippen LogP contribution in [0.5, 0.6) is 11.5 Å². The monoisotopic (exact) mass is 353 g/mol. The summed E-state index contributed by atoms with van der Waals surface area (Å²) in [5.41, 5.74) is 0.871. The number of aromatic carboxylic acids is 1. The van der Waals surface area contributed by atoms with Crippen molar-refractivity contribution in [3.8, 4) is 11.5 Å². The van der Waals surface area contributed by atoms with Gasteiger partial charge in [-0.25, -0.2) is 4.79 Å². The molecule has 1 unspecified atom stereocenters. The zero-order chi connectivity index (χ0) is 18.8. The van der Waals surface area contributed by atoms with E-state index in [1.165, 1.54) is 0 Å². The first kappa shape index (κ1) is 17.5. The van der Waals surface area contributed by atoms with Crippen molar-refractivity contribution in [1.82, 2.24) is 4.98 Å². The standard InChI is InChI=1S/C20H19NO5/c1-11(14-10-12(25-2)8-9-16(14)26-3)18-17(20(23)24)19(22)13-6-4-5-7-15(13)21-18/h4-11H,1-3H3,(H,21,22)(H,23,24). The van der Waals surface area contributed by atoms with Crippen LogP contribution < -0.4 is 14.9 Å². The highest BCUT2D eigenvalue weighted by Crippen LogP contribution is 2.35. The molecule has 2 N–H and O–H groups in total. The van der Waals surface area contributed by atoms with Crippen molar-refractivity contribution in [1.29, 1.82) is 0 Å². The Bertz CT molecular complexity index is 1040. The summed E-state index contributed by atoms with van der Waals surface area (Å²) in [6.07, 6.45) is 0. The number of aromatic amines is 1. The molecule has 2 aromatic carbocycles. The van der Waals surface area contributed by atoms with Gasteiger partial charge in [0.05, 0.1) is 14.2 Å². The van der Waals surface area contributed by atoms with E-state index in [1.807, 2.05) is 6.92 Å². The second kappa shape index (κ2) is 6.92. The summed E-state index contributed by atoms with van der Waals surface area (Å²) < 4.78 is 10.7. The number of rotatable bonds is 5. The van der Waals surface area contributed by atoms with Crippen molar-refractivity contribution in [3.63, 3.8) is 0 Å². The third-order valence-corrected chi connectivity index (χ3v) is 4.49. The maximum Gasteiger partial charge on any atom is 0.341 e. The van der Waals surface area contributed by atoms with Gasteiger partial charge >= 0.3 is 5.97 Å². The predicted octanol–water partition coefficient (Wildman–Crippen LogP) is 3.40. The van der Waals surface area contributed by atoms with Crippen LogP contribution in [0.2, 0.25) is 0 Å². The van der Waals surface area contributed by atoms with Gasteiger partial charge in [0.15, 0.2) is 0 Å². The molecule has 0 aliphatic heterocycles. The van der Waals surface area contributed by atoms with Crippen molar-refractivity contribution < 1.29 is 19.4 Å². The fourth-order valence-corrected chi connectivity index (χ4v) is 3.13. The van der Waals surface area contributed by atoms with Gasteiger partial charge in [0, 0.05) is 28.1 Å². The topological polar surface area (TPSA) is 88.6 Å². The van der Waals surface area contributed by atoms with Gasteiger partial charge in [0.25, 0.3) is 0 Å². The highest BCUT2D eigenvalue weighted by atomic mass is 16.5. The van der Waals surface area contributed by atoms with E-state index in [9.17, 15) is 14.7 Å². The molecular weight excluding hydrogens is 334 g/mol. The zero-order valence-corrected chi connectivity index (χ0v) is 14.7. The summed E-state index contributed by atoms with van der Waals surface area (Å²) in [6.45, 7) is 1.82. The summed E-state index contributed by atoms with van der Waals surface area (Å²) in [6, 6.07) is 12.2. The SMILES string of the molecule is COc1ccc(OC)c(C(C)c2[nH]c3ccccc3c(=O)c2C(=O)O)c1. The van der Waals surface area contributed by atoms with Crippen LogP contribution in [0.1, 0.15) is 34.5 Å². The van der Waals surface area contributed by atoms with Gasteiger partial charge in [0.2, 0.25) is 5.43 Å². The molecule has 134 valence electrons. The number of fused-ring (bicyclic) bond motifs is 1. The maximum absolute atomic E-state index is 12.7. The molecule has 3 rings (SSSR count). The number of hydrogen-bond acceptors (Lipinski definition) is 4. The van der Waals surface area contributed by atoms with E-state index in [1.54, 1.807) is 56.7 Å². The van der Waals surface area contributed by atoms with Crippen LogP contribution in [-0.2, 0) is 0 Å². The molecule has 26 heavy (non-hydrogen) atoms. The number of pyridine rings is 1. The third kappa shape index (κ3) is 2.90. The smallest absolute Gasteiger partial charge is 0.341 e. The molecule has 0 radical (unpaired) electrons. The first-order valence-corrected chi connectivity index (χ1v) is 8.08. The van der Waals surface area contributed by atoms with E-state index >= 15 is 0 Å². The minimum atomic E-state index is -1.26. The number of hydrogen-bond donors (Lipinski definition) is 2. The number of H-pyrrole nitrogens is 1. The van der Waals surface area contributed by atoms with Crippen molar-refractivity contribution >= 4 is 16.9 Å². The van der Waals surface area contributed by atoms with Crippen LogP contribution in [0.4, 0.5) is 0 Å². The molecule has 0 spiro atoms. The van der Waals surface area contributed by atoms with Gasteiger partial charge in [-0.15, -0.1) is 0 Å². The molecule has 6 nitrogen and oxygen atoms in total. The first-order valence-electron chi connectivity index (χ1n) is 8.08. The van der Waals surface area contributed by atoms with E-state index in [2.05, 4.69) is 4.98 Å². The van der Waals surface area contributed by atoms with E-state index in [4.69, 9.17) is 9.47 Å². The molecule has 0 bridgehead atoms. The van der Waals surface area contributed by atoms with Gasteiger partial charge in [-0.1, -0.05) is 19.1 Å². The van der Waals surface area contributed by atoms with E-state index in [-0.39, 0.29) is 5.56 Å². The highest BCUT2D eigenvalue weighted by molar-refractivity contribution is 5.94. The molecule has 0 saturated heterocycles. The summed E-state index contributed by atoms with van der Waals surface area (Å²) in [5.74, 6) is -0.486. The lowest BCUT2D eigenvalue weighted by atomic mass is 9.92. The molecule has 0 amide bonds. The zero-order valence-electron chi connectivity index (χ0n) is 14.7. The highest BCUT2D eigenvalue weighted by Gasteiger charge is 2.25. The number of para-hydroxylation sites is 1. The molecule has 1 atom stereocenters. The van der Waals surface area contributed by atoms with E-state index in [0.717, 1.165) is 5.56 Å². The van der Waals surface area contributed by atoms with Crippen molar-refractivity contribution in [2.45, 2.75) is 12.8 Å². The lowest BCUT2D eigenvalue weighted by Gasteiger charge is -2.19. The number of carboxylic acids is 1. The normalized spacial score (nSPS) is 12.0. The lowest BCUT2D eigenvalue weighted by Crippen LogP contribution is -2.21. The molecule has 0 aliphatic carbocycles. The second-order valence-electron chi connectivity index (χ2n) is 5.92. The summed E-state index contributed by atoms with van der Waals surface area (Å²) in [4.78, 5) is 27.7. The summed E-state index contributed by atoms with van der Waals surface area (Å²) in [5, 5.41) is 10.00. The van der Waals surface area contributed by atoms with Crippen molar-refractivity contribution in [2.24, 2.45) is 0 Å². The number of nitrogens with one attached hydrogen (secondary N) is 1. The predicted molar refractivity (Wildman–Crippen MR) is 98.6 cm³/mol. The van der Waals surface area contributed by atoms with E-state index < -0.39 is 17.3 Å². The minimum Gasteiger partial charge on any atom is -0.497 e. The number of aromatic nitrogens is 1. The Morgan fingerprint density at radius 3 is 2.50 bits per heavy atom. The number of carboxylic acid groups (broad SMARTS) is 1. The number of ether oxygens (including phenoxy) is 2. The molecule has 3 aromatic rings. The molecule has 1 aromatic heterocycles. The minimum absolute atomic E-state index is 0.263. The first-order chi connectivity index (χ1) is 12.5. The quantitative estimate of drug-likeness (QED) is 0.734. The van der Waals surface area contributed by atoms with Crippen LogP contribution in [0.3, 0.4) is 0 Å². The molecular formula is C20H19NO5. The van der Waals surface area contributed by atoms with Crippen molar-refractivity contribution in [2.75, 3.05) is 14.2 Å². The largest absolute Gasteiger partial charge is 0.497 e. The van der Waals surface area contributed by atoms with Crippen LogP contribution in [0, 0.1) is 0 Å². The Morgan fingerprint density at radius 1 is 1.12 bits per heavy atom. The molecule has 0 aliphatic rings. The number of carbonyl (C=O) groups is 1.